The van der Waals surface area contributed by atoms with Crippen LogP contribution in [0.15, 0.2) is 17.0 Å². The van der Waals surface area contributed by atoms with Gasteiger partial charge in [-0.2, -0.15) is 0 Å². The van der Waals surface area contributed by atoms with Crippen LogP contribution in [0.4, 0.5) is 0 Å². The summed E-state index contributed by atoms with van der Waals surface area (Å²) in [5, 5.41) is 10.1. The Hall–Kier alpha value is -0.520. The molecule has 2 heterocycles. The standard InChI is InChI=1S/C8H9BrN2O2/c9-7-3-6(10-5-11-7)8(12)1-2-13-4-8/h3,5,12H,1-2,4H2. The second-order valence-corrected chi connectivity index (χ2v) is 3.87. The number of hydrogen-bond acceptors (Lipinski definition) is 4. The van der Waals surface area contributed by atoms with E-state index in [-0.39, 0.29) is 0 Å². The summed E-state index contributed by atoms with van der Waals surface area (Å²) in [6.07, 6.45) is 2.02. The van der Waals surface area contributed by atoms with Gasteiger partial charge in [-0.1, -0.05) is 0 Å². The third-order valence-corrected chi connectivity index (χ3v) is 2.54. The van der Waals surface area contributed by atoms with Gasteiger partial charge in [-0.25, -0.2) is 9.97 Å². The van der Waals surface area contributed by atoms with Crippen molar-refractivity contribution in [1.82, 2.24) is 9.97 Å². The van der Waals surface area contributed by atoms with Gasteiger partial charge in [0.25, 0.3) is 0 Å². The van der Waals surface area contributed by atoms with E-state index in [2.05, 4.69) is 25.9 Å². The summed E-state index contributed by atoms with van der Waals surface area (Å²) in [4.78, 5) is 7.92. The topological polar surface area (TPSA) is 55.2 Å². The zero-order valence-corrected chi connectivity index (χ0v) is 8.49. The predicted molar refractivity (Wildman–Crippen MR) is 49.1 cm³/mol. The summed E-state index contributed by atoms with van der Waals surface area (Å²) in [6.45, 7) is 0.897. The van der Waals surface area contributed by atoms with E-state index in [0.29, 0.717) is 29.9 Å². The molecule has 1 aromatic rings. The van der Waals surface area contributed by atoms with Crippen LogP contribution in [0.1, 0.15) is 12.1 Å². The average Bonchev–Trinajstić information content (AvgIpc) is 2.54. The van der Waals surface area contributed by atoms with Crippen molar-refractivity contribution in [1.29, 1.82) is 0 Å². The van der Waals surface area contributed by atoms with E-state index in [1.54, 1.807) is 6.07 Å². The SMILES string of the molecule is OC1(c2cc(Br)ncn2)CCOC1. The fourth-order valence-corrected chi connectivity index (χ4v) is 1.65. The van der Waals surface area contributed by atoms with E-state index in [0.717, 1.165) is 0 Å². The van der Waals surface area contributed by atoms with Crippen LogP contribution >= 0.6 is 15.9 Å². The van der Waals surface area contributed by atoms with Crippen LogP contribution in [0.25, 0.3) is 0 Å². The Kier molecular flexibility index (Phi) is 2.31. The molecule has 1 aromatic heterocycles. The molecule has 0 amide bonds. The van der Waals surface area contributed by atoms with Crippen molar-refractivity contribution in [2.75, 3.05) is 13.2 Å². The largest absolute Gasteiger partial charge is 0.381 e. The molecule has 70 valence electrons. The molecule has 1 aliphatic heterocycles. The lowest BCUT2D eigenvalue weighted by Gasteiger charge is -2.18. The molecule has 0 bridgehead atoms. The van der Waals surface area contributed by atoms with Crippen molar-refractivity contribution in [3.05, 3.63) is 22.7 Å². The lowest BCUT2D eigenvalue weighted by atomic mass is 9.99. The first kappa shape index (κ1) is 9.05. The third-order valence-electron chi connectivity index (χ3n) is 2.11. The smallest absolute Gasteiger partial charge is 0.132 e. The highest BCUT2D eigenvalue weighted by atomic mass is 79.9. The van der Waals surface area contributed by atoms with E-state index in [1.807, 2.05) is 0 Å². The van der Waals surface area contributed by atoms with Gasteiger partial charge in [-0.15, -0.1) is 0 Å². The highest BCUT2D eigenvalue weighted by Crippen LogP contribution is 2.29. The molecule has 0 radical (unpaired) electrons. The maximum absolute atomic E-state index is 10.1. The molecule has 1 aliphatic rings. The molecule has 1 fully saturated rings. The van der Waals surface area contributed by atoms with Gasteiger partial charge in [0.15, 0.2) is 0 Å². The molecule has 0 spiro atoms. The Bertz CT molecular complexity index is 313. The minimum atomic E-state index is -0.925. The first-order chi connectivity index (χ1) is 6.21. The Labute approximate surface area is 84.1 Å². The molecule has 1 N–H and O–H groups in total. The molecule has 13 heavy (non-hydrogen) atoms. The second kappa shape index (κ2) is 3.32. The van der Waals surface area contributed by atoms with Crippen molar-refractivity contribution in [2.24, 2.45) is 0 Å². The Balaban J connectivity index is 2.33. The number of aromatic nitrogens is 2. The van der Waals surface area contributed by atoms with E-state index < -0.39 is 5.60 Å². The van der Waals surface area contributed by atoms with Crippen LogP contribution in [0, 0.1) is 0 Å². The monoisotopic (exact) mass is 244 g/mol. The van der Waals surface area contributed by atoms with Gasteiger partial charge in [0.05, 0.1) is 12.3 Å². The van der Waals surface area contributed by atoms with E-state index in [1.165, 1.54) is 6.33 Å². The van der Waals surface area contributed by atoms with Gasteiger partial charge < -0.3 is 9.84 Å². The van der Waals surface area contributed by atoms with Crippen molar-refractivity contribution >= 4 is 15.9 Å². The molecule has 4 nitrogen and oxygen atoms in total. The summed E-state index contributed by atoms with van der Waals surface area (Å²) in [6, 6.07) is 1.72. The van der Waals surface area contributed by atoms with E-state index in [4.69, 9.17) is 4.74 Å². The van der Waals surface area contributed by atoms with Gasteiger partial charge in [-0.05, 0) is 22.0 Å². The number of ether oxygens (including phenoxy) is 1. The Morgan fingerprint density at radius 2 is 2.38 bits per heavy atom. The van der Waals surface area contributed by atoms with Crippen LogP contribution in [0.5, 0.6) is 0 Å². The summed E-state index contributed by atoms with van der Waals surface area (Å²) in [7, 11) is 0. The van der Waals surface area contributed by atoms with Gasteiger partial charge in [0, 0.05) is 13.0 Å². The molecule has 0 saturated carbocycles. The zero-order valence-electron chi connectivity index (χ0n) is 6.90. The molecule has 0 aliphatic carbocycles. The van der Waals surface area contributed by atoms with Crippen molar-refractivity contribution in [3.8, 4) is 0 Å². The number of aliphatic hydroxyl groups is 1. The van der Waals surface area contributed by atoms with Crippen LogP contribution < -0.4 is 0 Å². The Morgan fingerprint density at radius 3 is 3.00 bits per heavy atom. The minimum absolute atomic E-state index is 0.316. The van der Waals surface area contributed by atoms with Crippen LogP contribution in [-0.2, 0) is 10.3 Å². The minimum Gasteiger partial charge on any atom is -0.381 e. The highest BCUT2D eigenvalue weighted by Gasteiger charge is 2.35. The Morgan fingerprint density at radius 1 is 1.54 bits per heavy atom. The maximum Gasteiger partial charge on any atom is 0.132 e. The summed E-state index contributed by atoms with van der Waals surface area (Å²) < 4.78 is 5.81. The predicted octanol–water partition coefficient (Wildman–Crippen LogP) is 0.847. The molecule has 0 aromatic carbocycles. The van der Waals surface area contributed by atoms with Crippen molar-refractivity contribution in [2.45, 2.75) is 12.0 Å². The molecule has 1 saturated heterocycles. The van der Waals surface area contributed by atoms with Crippen molar-refractivity contribution < 1.29 is 9.84 Å². The van der Waals surface area contributed by atoms with Crippen LogP contribution in [0.3, 0.4) is 0 Å². The highest BCUT2D eigenvalue weighted by molar-refractivity contribution is 9.10. The van der Waals surface area contributed by atoms with Gasteiger partial charge >= 0.3 is 0 Å². The lowest BCUT2D eigenvalue weighted by Crippen LogP contribution is -2.27. The molecular weight excluding hydrogens is 236 g/mol. The van der Waals surface area contributed by atoms with Gasteiger partial charge in [0.1, 0.15) is 16.5 Å². The average molecular weight is 245 g/mol. The molecule has 2 rings (SSSR count). The van der Waals surface area contributed by atoms with Crippen molar-refractivity contribution in [3.63, 3.8) is 0 Å². The summed E-state index contributed by atoms with van der Waals surface area (Å²) >= 11 is 3.23. The number of nitrogens with zero attached hydrogens (tertiary/aromatic N) is 2. The van der Waals surface area contributed by atoms with E-state index >= 15 is 0 Å². The van der Waals surface area contributed by atoms with Crippen LogP contribution in [0.2, 0.25) is 0 Å². The molecule has 5 heteroatoms. The fraction of sp³-hybridized carbons (Fsp3) is 0.500. The summed E-state index contributed by atoms with van der Waals surface area (Å²) in [5.74, 6) is 0. The lowest BCUT2D eigenvalue weighted by molar-refractivity contribution is 0.0192. The quantitative estimate of drug-likeness (QED) is 0.745. The normalized spacial score (nSPS) is 27.8. The first-order valence-corrected chi connectivity index (χ1v) is 4.78. The molecule has 1 atom stereocenters. The number of rotatable bonds is 1. The molecule has 1 unspecified atom stereocenters. The number of hydrogen-bond donors (Lipinski definition) is 1. The first-order valence-electron chi connectivity index (χ1n) is 3.99. The van der Waals surface area contributed by atoms with Crippen LogP contribution in [-0.4, -0.2) is 28.3 Å². The fourth-order valence-electron chi connectivity index (χ4n) is 1.34. The summed E-state index contributed by atoms with van der Waals surface area (Å²) in [5.41, 5.74) is -0.308. The second-order valence-electron chi connectivity index (χ2n) is 3.06. The molecular formula is C8H9BrN2O2. The van der Waals surface area contributed by atoms with Gasteiger partial charge in [-0.3, -0.25) is 0 Å². The van der Waals surface area contributed by atoms with E-state index in [9.17, 15) is 5.11 Å². The van der Waals surface area contributed by atoms with Gasteiger partial charge in [0.2, 0.25) is 0 Å². The maximum atomic E-state index is 10.1. The third kappa shape index (κ3) is 1.72. The zero-order chi connectivity index (χ0) is 9.31. The number of halogens is 1.